The maximum atomic E-state index is 13.5. The topological polar surface area (TPSA) is 57.2 Å². The van der Waals surface area contributed by atoms with Crippen LogP contribution in [0.3, 0.4) is 0 Å². The Morgan fingerprint density at radius 1 is 1.00 bits per heavy atom. The Hall–Kier alpha value is -3.74. The molecule has 0 N–H and O–H groups in total. The number of methoxy groups -OCH3 is 2. The lowest BCUT2D eigenvalue weighted by Crippen LogP contribution is -2.47. The number of rotatable bonds is 8. The third kappa shape index (κ3) is 5.09. The van der Waals surface area contributed by atoms with E-state index in [9.17, 15) is 9.18 Å². The van der Waals surface area contributed by atoms with Crippen LogP contribution in [0.2, 0.25) is 0 Å². The lowest BCUT2D eigenvalue weighted by Gasteiger charge is -2.38. The van der Waals surface area contributed by atoms with Gasteiger partial charge in [-0.15, -0.1) is 0 Å². The molecule has 1 amide bonds. The van der Waals surface area contributed by atoms with Gasteiger partial charge in [0.1, 0.15) is 23.9 Å². The summed E-state index contributed by atoms with van der Waals surface area (Å²) in [6.07, 6.45) is -0.0237. The highest BCUT2D eigenvalue weighted by Gasteiger charge is 2.35. The van der Waals surface area contributed by atoms with Crippen LogP contribution in [0.15, 0.2) is 66.7 Å². The molecule has 3 aromatic rings. The van der Waals surface area contributed by atoms with Gasteiger partial charge in [-0.1, -0.05) is 18.2 Å². The minimum Gasteiger partial charge on any atom is -0.493 e. The van der Waals surface area contributed by atoms with E-state index in [2.05, 4.69) is 0 Å². The van der Waals surface area contributed by atoms with E-state index in [1.54, 1.807) is 38.2 Å². The van der Waals surface area contributed by atoms with Crippen molar-refractivity contribution in [2.75, 3.05) is 27.4 Å². The van der Waals surface area contributed by atoms with Crippen molar-refractivity contribution in [2.45, 2.75) is 25.5 Å². The monoisotopic (exact) mass is 465 g/mol. The summed E-state index contributed by atoms with van der Waals surface area (Å²) in [5.74, 6) is 1.89. The quantitative estimate of drug-likeness (QED) is 0.478. The van der Waals surface area contributed by atoms with Crippen molar-refractivity contribution >= 4 is 5.91 Å². The molecule has 3 aromatic carbocycles. The van der Waals surface area contributed by atoms with Gasteiger partial charge in [-0.05, 0) is 73.0 Å². The average molecular weight is 466 g/mol. The minimum atomic E-state index is -0.683. The van der Waals surface area contributed by atoms with Crippen molar-refractivity contribution < 1.29 is 28.1 Å². The molecule has 0 spiro atoms. The normalized spacial score (nSPS) is 15.8. The number of ether oxygens (including phenoxy) is 4. The summed E-state index contributed by atoms with van der Waals surface area (Å²) in [5.41, 5.74) is 1.98. The van der Waals surface area contributed by atoms with Crippen LogP contribution in [0.25, 0.3) is 0 Å². The highest BCUT2D eigenvalue weighted by molar-refractivity contribution is 5.82. The molecule has 1 heterocycles. The zero-order valence-corrected chi connectivity index (χ0v) is 19.5. The van der Waals surface area contributed by atoms with E-state index < -0.39 is 6.10 Å². The molecule has 2 atom stereocenters. The van der Waals surface area contributed by atoms with E-state index in [-0.39, 0.29) is 24.4 Å². The summed E-state index contributed by atoms with van der Waals surface area (Å²) in [7, 11) is 3.18. The van der Waals surface area contributed by atoms with E-state index in [4.69, 9.17) is 18.9 Å². The number of hydrogen-bond acceptors (Lipinski definition) is 5. The smallest absolute Gasteiger partial charge is 0.263 e. The van der Waals surface area contributed by atoms with Crippen molar-refractivity contribution in [1.29, 1.82) is 0 Å². The largest absolute Gasteiger partial charge is 0.493 e. The Balaban J connectivity index is 1.62. The highest BCUT2D eigenvalue weighted by atomic mass is 19.1. The molecule has 0 unspecified atom stereocenters. The summed E-state index contributed by atoms with van der Waals surface area (Å²) in [6.45, 7) is 2.44. The standard InChI is InChI=1S/C27H28FNO5/c1-18(34-22-7-5-4-6-8-22)27(30)29-14-13-19-15-25(31-2)26(32-3)16-23(19)24(29)17-33-21-11-9-20(28)10-12-21/h4-12,15-16,18,24H,13-14,17H2,1-3H3/t18-,24+/m1/s1. The Morgan fingerprint density at radius 2 is 1.68 bits per heavy atom. The van der Waals surface area contributed by atoms with Crippen LogP contribution in [0.4, 0.5) is 4.39 Å². The second kappa shape index (κ2) is 10.5. The fourth-order valence-electron chi connectivity index (χ4n) is 4.16. The molecule has 4 rings (SSSR count). The van der Waals surface area contributed by atoms with Gasteiger partial charge in [-0.2, -0.15) is 0 Å². The van der Waals surface area contributed by atoms with E-state index in [1.165, 1.54) is 12.1 Å². The molecule has 1 aliphatic rings. The number of fused-ring (bicyclic) bond motifs is 1. The van der Waals surface area contributed by atoms with Crippen LogP contribution in [0.5, 0.6) is 23.0 Å². The molecule has 34 heavy (non-hydrogen) atoms. The van der Waals surface area contributed by atoms with Crippen LogP contribution in [0.1, 0.15) is 24.1 Å². The van der Waals surface area contributed by atoms with E-state index in [0.29, 0.717) is 36.0 Å². The fourth-order valence-corrected chi connectivity index (χ4v) is 4.16. The first-order valence-corrected chi connectivity index (χ1v) is 11.2. The van der Waals surface area contributed by atoms with Gasteiger partial charge in [-0.25, -0.2) is 4.39 Å². The molecule has 0 bridgehead atoms. The summed E-state index contributed by atoms with van der Waals surface area (Å²) in [4.78, 5) is 15.3. The molecule has 0 fully saturated rings. The van der Waals surface area contributed by atoms with Gasteiger partial charge in [-0.3, -0.25) is 4.79 Å². The van der Waals surface area contributed by atoms with E-state index in [1.807, 2.05) is 42.5 Å². The highest BCUT2D eigenvalue weighted by Crippen LogP contribution is 2.38. The molecule has 7 heteroatoms. The predicted molar refractivity (Wildman–Crippen MR) is 126 cm³/mol. The SMILES string of the molecule is COc1cc2c(cc1OC)[C@H](COc1ccc(F)cc1)N(C(=O)[C@@H](C)Oc1ccccc1)CC2. The number of carbonyl (C=O) groups excluding carboxylic acids is 1. The number of amides is 1. The van der Waals surface area contributed by atoms with E-state index >= 15 is 0 Å². The number of halogens is 1. The first-order chi connectivity index (χ1) is 16.5. The van der Waals surface area contributed by atoms with E-state index in [0.717, 1.165) is 11.1 Å². The second-order valence-corrected chi connectivity index (χ2v) is 8.04. The van der Waals surface area contributed by atoms with Gasteiger partial charge < -0.3 is 23.8 Å². The zero-order chi connectivity index (χ0) is 24.1. The minimum absolute atomic E-state index is 0.142. The van der Waals surface area contributed by atoms with Crippen molar-refractivity contribution in [3.8, 4) is 23.0 Å². The van der Waals surface area contributed by atoms with Crippen LogP contribution < -0.4 is 18.9 Å². The molecular formula is C27H28FNO5. The van der Waals surface area contributed by atoms with Gasteiger partial charge in [0, 0.05) is 6.54 Å². The van der Waals surface area contributed by atoms with Crippen molar-refractivity contribution in [1.82, 2.24) is 4.90 Å². The van der Waals surface area contributed by atoms with Gasteiger partial charge in [0.25, 0.3) is 5.91 Å². The lowest BCUT2D eigenvalue weighted by atomic mass is 9.91. The third-order valence-electron chi connectivity index (χ3n) is 5.91. The van der Waals surface area contributed by atoms with Crippen LogP contribution in [0, 0.1) is 5.82 Å². The fraction of sp³-hybridized carbons (Fsp3) is 0.296. The number of nitrogens with zero attached hydrogens (tertiary/aromatic N) is 1. The predicted octanol–water partition coefficient (Wildman–Crippen LogP) is 4.82. The van der Waals surface area contributed by atoms with Crippen LogP contribution >= 0.6 is 0 Å². The summed E-state index contributed by atoms with van der Waals surface area (Å²) in [6, 6.07) is 18.6. The molecule has 0 saturated heterocycles. The molecule has 6 nitrogen and oxygen atoms in total. The molecule has 0 aromatic heterocycles. The first-order valence-electron chi connectivity index (χ1n) is 11.2. The molecule has 0 aliphatic carbocycles. The lowest BCUT2D eigenvalue weighted by molar-refractivity contribution is -0.141. The van der Waals surface area contributed by atoms with Crippen molar-refractivity contribution in [3.63, 3.8) is 0 Å². The summed E-state index contributed by atoms with van der Waals surface area (Å²) in [5, 5.41) is 0. The Morgan fingerprint density at radius 3 is 2.35 bits per heavy atom. The van der Waals surface area contributed by atoms with Crippen LogP contribution in [-0.2, 0) is 11.2 Å². The van der Waals surface area contributed by atoms with Gasteiger partial charge in [0.15, 0.2) is 17.6 Å². The zero-order valence-electron chi connectivity index (χ0n) is 19.5. The summed E-state index contributed by atoms with van der Waals surface area (Å²) >= 11 is 0. The number of hydrogen-bond donors (Lipinski definition) is 0. The maximum absolute atomic E-state index is 13.5. The number of carbonyl (C=O) groups is 1. The molecule has 0 saturated carbocycles. The molecule has 178 valence electrons. The number of para-hydroxylation sites is 1. The Kier molecular flexibility index (Phi) is 7.21. The Bertz CT molecular complexity index is 1120. The Labute approximate surface area is 198 Å². The summed E-state index contributed by atoms with van der Waals surface area (Å²) < 4.78 is 36.2. The molecule has 0 radical (unpaired) electrons. The van der Waals surface area contributed by atoms with Gasteiger partial charge >= 0.3 is 0 Å². The van der Waals surface area contributed by atoms with Crippen LogP contribution in [-0.4, -0.2) is 44.3 Å². The number of benzene rings is 3. The first kappa shape index (κ1) is 23.4. The van der Waals surface area contributed by atoms with Crippen molar-refractivity contribution in [3.05, 3.63) is 83.7 Å². The maximum Gasteiger partial charge on any atom is 0.263 e. The van der Waals surface area contributed by atoms with Crippen molar-refractivity contribution in [2.24, 2.45) is 0 Å². The van der Waals surface area contributed by atoms with Gasteiger partial charge in [0.05, 0.1) is 20.3 Å². The molecular weight excluding hydrogens is 437 g/mol. The second-order valence-electron chi connectivity index (χ2n) is 8.04. The average Bonchev–Trinajstić information content (AvgIpc) is 2.87. The third-order valence-corrected chi connectivity index (χ3v) is 5.91. The van der Waals surface area contributed by atoms with Gasteiger partial charge in [0.2, 0.25) is 0 Å². The molecule has 1 aliphatic heterocycles.